The van der Waals surface area contributed by atoms with Crippen molar-refractivity contribution in [1.82, 2.24) is 0 Å². The maximum Gasteiger partial charge on any atom is 0.143 e. The van der Waals surface area contributed by atoms with Crippen molar-refractivity contribution in [3.8, 4) is 77.9 Å². The third-order valence-corrected chi connectivity index (χ3v) is 19.1. The van der Waals surface area contributed by atoms with E-state index in [0.717, 1.165) is 66.1 Å². The van der Waals surface area contributed by atoms with Gasteiger partial charge in [-0.2, -0.15) is 0 Å². The molecule has 0 atom stereocenters. The predicted octanol–water partition coefficient (Wildman–Crippen LogP) is 21.4. The first-order valence-corrected chi connectivity index (χ1v) is 28.0. The third-order valence-electron chi connectivity index (χ3n) is 19.1. The molecule has 0 N–H and O–H groups in total. The highest BCUT2D eigenvalue weighted by atomic mass is 16.3. The molecule has 17 rings (SSSR count). The van der Waals surface area contributed by atoms with Crippen LogP contribution >= 0.6 is 0 Å². The molecule has 3 aliphatic rings. The average Bonchev–Trinajstić information content (AvgIpc) is 2.93. The number of hydrogen-bond acceptors (Lipinski definition) is 2. The van der Waals surface area contributed by atoms with Crippen LogP contribution in [0.3, 0.4) is 0 Å². The van der Waals surface area contributed by atoms with Crippen LogP contribution in [-0.4, -0.2) is 0 Å². The van der Waals surface area contributed by atoms with Crippen molar-refractivity contribution in [3.63, 3.8) is 0 Å². The molecular weight excluding hydrogens is 957 g/mol. The van der Waals surface area contributed by atoms with Crippen molar-refractivity contribution in [2.45, 2.75) is 57.8 Å². The summed E-state index contributed by atoms with van der Waals surface area (Å²) in [5, 5.41) is 9.74. The summed E-state index contributed by atoms with van der Waals surface area (Å²) < 4.78 is 13.1. The smallest absolute Gasteiger partial charge is 0.143 e. The van der Waals surface area contributed by atoms with E-state index < -0.39 is 0 Å². The van der Waals surface area contributed by atoms with Crippen molar-refractivity contribution < 1.29 is 8.83 Å². The van der Waals surface area contributed by atoms with Crippen molar-refractivity contribution >= 4 is 65.4 Å². The molecule has 0 bridgehead atoms. The molecule has 374 valence electrons. The van der Waals surface area contributed by atoms with Crippen molar-refractivity contribution in [1.29, 1.82) is 0 Å². The standard InChI is InChI=1S/C77H54O2/c1-75(2)63-41-61-65(76(3,4)67-37-57(49-23-7-9-27-53(49)71(61)67)45-21-15-19-43(35-45)47-29-17-31-55-51-25-11-13-33-69(51)78-73(47)55)39-59(63)60-40-66-62(42-64(60)75)72-54-28-10-8-24-50(54)58(38-68(72)77(66,5)6)46-22-16-20-44(36-46)48-30-18-32-56-52-26-12-14-34-70(52)79-74(48)56/h7-42H,1-6H3. The summed E-state index contributed by atoms with van der Waals surface area (Å²) >= 11 is 0. The highest BCUT2D eigenvalue weighted by Gasteiger charge is 2.46. The van der Waals surface area contributed by atoms with Gasteiger partial charge < -0.3 is 8.83 Å². The molecule has 0 aliphatic heterocycles. The summed E-state index contributed by atoms with van der Waals surface area (Å²) in [5.41, 5.74) is 29.0. The number of benzene rings is 12. The minimum absolute atomic E-state index is 0.230. The van der Waals surface area contributed by atoms with Gasteiger partial charge >= 0.3 is 0 Å². The predicted molar refractivity (Wildman–Crippen MR) is 330 cm³/mol. The van der Waals surface area contributed by atoms with Crippen LogP contribution in [0, 0.1) is 0 Å². The monoisotopic (exact) mass is 1010 g/mol. The molecule has 0 saturated heterocycles. The second kappa shape index (κ2) is 15.5. The Balaban J connectivity index is 0.783. The summed E-state index contributed by atoms with van der Waals surface area (Å²) in [6.07, 6.45) is 0. The van der Waals surface area contributed by atoms with Crippen molar-refractivity contribution in [2.24, 2.45) is 0 Å². The fraction of sp³-hybridized carbons (Fsp3) is 0.117. The molecule has 2 aromatic heterocycles. The zero-order valence-electron chi connectivity index (χ0n) is 45.1. The fourth-order valence-corrected chi connectivity index (χ4v) is 15.0. The third kappa shape index (κ3) is 5.96. The first-order chi connectivity index (χ1) is 38.4. The van der Waals surface area contributed by atoms with Crippen molar-refractivity contribution in [2.75, 3.05) is 0 Å². The van der Waals surface area contributed by atoms with Gasteiger partial charge in [-0.3, -0.25) is 0 Å². The molecule has 0 unspecified atom stereocenters. The molecule has 12 aromatic carbocycles. The molecule has 14 aromatic rings. The van der Waals surface area contributed by atoms with Crippen LogP contribution < -0.4 is 0 Å². The molecule has 2 heterocycles. The van der Waals surface area contributed by atoms with Crippen LogP contribution in [0.2, 0.25) is 0 Å². The highest BCUT2D eigenvalue weighted by molar-refractivity contribution is 6.14. The minimum atomic E-state index is -0.250. The van der Waals surface area contributed by atoms with E-state index in [1.54, 1.807) is 0 Å². The van der Waals surface area contributed by atoms with Crippen LogP contribution in [-0.2, 0) is 16.2 Å². The zero-order valence-corrected chi connectivity index (χ0v) is 45.1. The van der Waals surface area contributed by atoms with E-state index in [-0.39, 0.29) is 16.2 Å². The second-order valence-corrected chi connectivity index (χ2v) is 24.3. The first-order valence-electron chi connectivity index (χ1n) is 28.0. The second-order valence-electron chi connectivity index (χ2n) is 24.3. The van der Waals surface area contributed by atoms with Crippen LogP contribution in [0.1, 0.15) is 74.9 Å². The van der Waals surface area contributed by atoms with E-state index in [1.807, 2.05) is 12.1 Å². The number of hydrogen-bond donors (Lipinski definition) is 0. The Bertz CT molecular complexity index is 4730. The van der Waals surface area contributed by atoms with Crippen LogP contribution in [0.4, 0.5) is 0 Å². The lowest BCUT2D eigenvalue weighted by atomic mass is 9.78. The Labute approximate surface area is 459 Å². The summed E-state index contributed by atoms with van der Waals surface area (Å²) in [4.78, 5) is 0. The molecule has 3 aliphatic carbocycles. The molecule has 2 heteroatoms. The maximum atomic E-state index is 6.56. The van der Waals surface area contributed by atoms with Gasteiger partial charge in [-0.25, -0.2) is 0 Å². The van der Waals surface area contributed by atoms with Gasteiger partial charge in [0.05, 0.1) is 0 Å². The Hall–Kier alpha value is -9.24. The summed E-state index contributed by atoms with van der Waals surface area (Å²) in [7, 11) is 0. The van der Waals surface area contributed by atoms with E-state index >= 15 is 0 Å². The van der Waals surface area contributed by atoms with Gasteiger partial charge in [0.2, 0.25) is 0 Å². The average molecular weight is 1010 g/mol. The molecule has 0 spiro atoms. The Morgan fingerprint density at radius 2 is 0.532 bits per heavy atom. The van der Waals surface area contributed by atoms with Gasteiger partial charge in [0, 0.05) is 48.9 Å². The molecular formula is C77H54O2. The normalized spacial score (nSPS) is 15.0. The van der Waals surface area contributed by atoms with E-state index in [2.05, 4.69) is 248 Å². The van der Waals surface area contributed by atoms with E-state index in [4.69, 9.17) is 8.83 Å². The molecule has 2 nitrogen and oxygen atoms in total. The van der Waals surface area contributed by atoms with Gasteiger partial charge in [0.25, 0.3) is 0 Å². The van der Waals surface area contributed by atoms with Gasteiger partial charge in [-0.05, 0) is 182 Å². The van der Waals surface area contributed by atoms with E-state index in [1.165, 1.54) is 111 Å². The van der Waals surface area contributed by atoms with Crippen LogP contribution in [0.5, 0.6) is 0 Å². The van der Waals surface area contributed by atoms with Gasteiger partial charge in [-0.1, -0.05) is 199 Å². The van der Waals surface area contributed by atoms with Gasteiger partial charge in [0.1, 0.15) is 22.3 Å². The highest BCUT2D eigenvalue weighted by Crippen LogP contribution is 2.62. The molecule has 79 heavy (non-hydrogen) atoms. The Kier molecular flexibility index (Phi) is 8.79. The lowest BCUT2D eigenvalue weighted by Gasteiger charge is -2.25. The number of fused-ring (bicyclic) bond motifs is 19. The summed E-state index contributed by atoms with van der Waals surface area (Å²) in [6.45, 7) is 14.7. The van der Waals surface area contributed by atoms with Gasteiger partial charge in [0.15, 0.2) is 0 Å². The van der Waals surface area contributed by atoms with E-state index in [0.29, 0.717) is 0 Å². The molecule has 0 saturated carbocycles. The summed E-state index contributed by atoms with van der Waals surface area (Å²) in [6, 6.07) is 81.5. The van der Waals surface area contributed by atoms with E-state index in [9.17, 15) is 0 Å². The lowest BCUT2D eigenvalue weighted by molar-refractivity contribution is 0.649. The largest absolute Gasteiger partial charge is 0.455 e. The molecule has 0 radical (unpaired) electrons. The summed E-state index contributed by atoms with van der Waals surface area (Å²) in [5.74, 6) is 0. The lowest BCUT2D eigenvalue weighted by Crippen LogP contribution is -2.17. The van der Waals surface area contributed by atoms with Crippen LogP contribution in [0.15, 0.2) is 227 Å². The van der Waals surface area contributed by atoms with Crippen molar-refractivity contribution in [3.05, 3.63) is 252 Å². The van der Waals surface area contributed by atoms with Crippen LogP contribution in [0.25, 0.3) is 143 Å². The number of furan rings is 2. The molecule has 0 amide bonds. The first kappa shape index (κ1) is 44.8. The number of rotatable bonds is 4. The quantitative estimate of drug-likeness (QED) is 0.176. The zero-order chi connectivity index (χ0) is 52.8. The Morgan fingerprint density at radius 3 is 0.962 bits per heavy atom. The maximum absolute atomic E-state index is 6.56. The number of para-hydroxylation sites is 4. The minimum Gasteiger partial charge on any atom is -0.455 e. The topological polar surface area (TPSA) is 26.3 Å². The van der Waals surface area contributed by atoms with Gasteiger partial charge in [-0.15, -0.1) is 0 Å². The fourth-order valence-electron chi connectivity index (χ4n) is 15.0. The SMILES string of the molecule is CC1(C)c2cc3c(cc2-c2cc4c(cc21)-c1c(cc(-c2cccc(-c5cccc6c5oc5ccccc56)c2)c2ccccc12)C4(C)C)C(C)(C)c1cc(-c2cccc(-c4cccc5c4oc4ccccc45)c2)c2ccccc2c1-3. The molecule has 0 fully saturated rings. The Morgan fingerprint density at radius 1 is 0.228 bits per heavy atom.